The Hall–Kier alpha value is -0.0800. The van der Waals surface area contributed by atoms with E-state index < -0.39 is 0 Å². The molecule has 0 spiro atoms. The van der Waals surface area contributed by atoms with Gasteiger partial charge in [0, 0.05) is 18.6 Å². The van der Waals surface area contributed by atoms with Crippen molar-refractivity contribution in [3.8, 4) is 0 Å². The molecule has 2 atom stereocenters. The van der Waals surface area contributed by atoms with Gasteiger partial charge >= 0.3 is 0 Å². The molecule has 1 heterocycles. The van der Waals surface area contributed by atoms with Crippen molar-refractivity contribution in [2.75, 3.05) is 13.1 Å². The van der Waals surface area contributed by atoms with E-state index >= 15 is 0 Å². The fourth-order valence-electron chi connectivity index (χ4n) is 1.82. The summed E-state index contributed by atoms with van der Waals surface area (Å²) in [5, 5.41) is 0. The highest BCUT2D eigenvalue weighted by Gasteiger charge is 2.25. The van der Waals surface area contributed by atoms with Crippen molar-refractivity contribution in [3.05, 3.63) is 0 Å². The van der Waals surface area contributed by atoms with Gasteiger partial charge in [0.1, 0.15) is 0 Å². The van der Waals surface area contributed by atoms with E-state index in [1.165, 1.54) is 25.8 Å². The molecule has 11 heavy (non-hydrogen) atoms. The van der Waals surface area contributed by atoms with Crippen LogP contribution in [0.15, 0.2) is 0 Å². The lowest BCUT2D eigenvalue weighted by atomic mass is 10.2. The zero-order valence-electron chi connectivity index (χ0n) is 7.71. The lowest BCUT2D eigenvalue weighted by Crippen LogP contribution is -2.30. The normalized spacial score (nSPS) is 33.0. The van der Waals surface area contributed by atoms with Gasteiger partial charge in [-0.05, 0) is 26.3 Å². The second kappa shape index (κ2) is 4.07. The van der Waals surface area contributed by atoms with E-state index in [1.807, 2.05) is 0 Å². The molecule has 0 bridgehead atoms. The molecular formula is C9H20N2. The molecule has 2 unspecified atom stereocenters. The van der Waals surface area contributed by atoms with Crippen LogP contribution in [0, 0.1) is 0 Å². The molecule has 1 aliphatic rings. The lowest BCUT2D eigenvalue weighted by molar-refractivity contribution is 0.263. The predicted molar refractivity (Wildman–Crippen MR) is 48.5 cm³/mol. The average Bonchev–Trinajstić information content (AvgIpc) is 2.26. The molecular weight excluding hydrogens is 136 g/mol. The second-order valence-corrected chi connectivity index (χ2v) is 3.69. The summed E-state index contributed by atoms with van der Waals surface area (Å²) in [6.45, 7) is 6.87. The molecule has 0 radical (unpaired) electrons. The summed E-state index contributed by atoms with van der Waals surface area (Å²) in [6.07, 6.45) is 3.79. The van der Waals surface area contributed by atoms with Crippen molar-refractivity contribution in [1.29, 1.82) is 0 Å². The molecule has 66 valence electrons. The first kappa shape index (κ1) is 9.01. The van der Waals surface area contributed by atoms with Crippen LogP contribution < -0.4 is 5.73 Å². The first-order valence-corrected chi connectivity index (χ1v) is 4.73. The Labute approximate surface area is 69.8 Å². The summed E-state index contributed by atoms with van der Waals surface area (Å²) < 4.78 is 0. The maximum atomic E-state index is 5.85. The number of likely N-dealkylation sites (tertiary alicyclic amines) is 1. The first-order chi connectivity index (χ1) is 5.24. The molecule has 2 N–H and O–H groups in total. The summed E-state index contributed by atoms with van der Waals surface area (Å²) in [5.41, 5.74) is 5.85. The number of nitrogens with zero attached hydrogens (tertiary/aromatic N) is 1. The topological polar surface area (TPSA) is 29.3 Å². The summed E-state index contributed by atoms with van der Waals surface area (Å²) in [6, 6.07) is 1.15. The van der Waals surface area contributed by atoms with Gasteiger partial charge in [-0.2, -0.15) is 0 Å². The van der Waals surface area contributed by atoms with E-state index in [4.69, 9.17) is 5.73 Å². The smallest absolute Gasteiger partial charge is 0.0182 e. The lowest BCUT2D eigenvalue weighted by Gasteiger charge is -2.19. The first-order valence-electron chi connectivity index (χ1n) is 4.73. The molecule has 0 aromatic carbocycles. The fourth-order valence-corrected chi connectivity index (χ4v) is 1.82. The largest absolute Gasteiger partial charge is 0.326 e. The van der Waals surface area contributed by atoms with Crippen LogP contribution in [0.5, 0.6) is 0 Å². The minimum Gasteiger partial charge on any atom is -0.326 e. The molecule has 0 amide bonds. The SMILES string of the molecule is CCCCN1CC(N)CC1C. The van der Waals surface area contributed by atoms with Gasteiger partial charge in [-0.25, -0.2) is 0 Å². The van der Waals surface area contributed by atoms with Crippen LogP contribution in [-0.2, 0) is 0 Å². The standard InChI is InChI=1S/C9H20N2/c1-3-4-5-11-7-9(10)6-8(11)2/h8-9H,3-7,10H2,1-2H3. The molecule has 1 rings (SSSR count). The average molecular weight is 156 g/mol. The minimum atomic E-state index is 0.432. The van der Waals surface area contributed by atoms with Crippen molar-refractivity contribution in [2.45, 2.75) is 45.2 Å². The van der Waals surface area contributed by atoms with E-state index in [-0.39, 0.29) is 0 Å². The third-order valence-corrected chi connectivity index (χ3v) is 2.54. The molecule has 2 heteroatoms. The van der Waals surface area contributed by atoms with Crippen LogP contribution in [-0.4, -0.2) is 30.1 Å². The maximum Gasteiger partial charge on any atom is 0.0182 e. The fraction of sp³-hybridized carbons (Fsp3) is 1.00. The van der Waals surface area contributed by atoms with Crippen LogP contribution >= 0.6 is 0 Å². The Balaban J connectivity index is 2.23. The highest BCUT2D eigenvalue weighted by molar-refractivity contribution is 4.84. The Kier molecular flexibility index (Phi) is 3.34. The maximum absolute atomic E-state index is 5.85. The number of hydrogen-bond acceptors (Lipinski definition) is 2. The van der Waals surface area contributed by atoms with Crippen molar-refractivity contribution in [1.82, 2.24) is 4.90 Å². The number of unbranched alkanes of at least 4 members (excludes halogenated alkanes) is 1. The van der Waals surface area contributed by atoms with Gasteiger partial charge < -0.3 is 5.73 Å². The van der Waals surface area contributed by atoms with Crippen LogP contribution in [0.4, 0.5) is 0 Å². The molecule has 0 aliphatic carbocycles. The van der Waals surface area contributed by atoms with Gasteiger partial charge in [0.2, 0.25) is 0 Å². The van der Waals surface area contributed by atoms with Gasteiger partial charge in [0.05, 0.1) is 0 Å². The van der Waals surface area contributed by atoms with Gasteiger partial charge in [-0.1, -0.05) is 13.3 Å². The molecule has 0 aromatic rings. The number of rotatable bonds is 3. The van der Waals surface area contributed by atoms with Crippen molar-refractivity contribution in [2.24, 2.45) is 5.73 Å². The Morgan fingerprint density at radius 3 is 2.73 bits per heavy atom. The Morgan fingerprint density at radius 1 is 1.55 bits per heavy atom. The highest BCUT2D eigenvalue weighted by Crippen LogP contribution is 2.15. The zero-order chi connectivity index (χ0) is 8.27. The van der Waals surface area contributed by atoms with Gasteiger partial charge in [-0.3, -0.25) is 4.90 Å². The number of hydrogen-bond donors (Lipinski definition) is 1. The third kappa shape index (κ3) is 2.46. The van der Waals surface area contributed by atoms with E-state index in [0.29, 0.717) is 6.04 Å². The van der Waals surface area contributed by atoms with Crippen LogP contribution in [0.2, 0.25) is 0 Å². The summed E-state index contributed by atoms with van der Waals surface area (Å²) in [7, 11) is 0. The molecule has 0 saturated carbocycles. The van der Waals surface area contributed by atoms with Crippen LogP contribution in [0.1, 0.15) is 33.1 Å². The molecule has 1 fully saturated rings. The van der Waals surface area contributed by atoms with E-state index in [0.717, 1.165) is 12.6 Å². The third-order valence-electron chi connectivity index (χ3n) is 2.54. The molecule has 1 aliphatic heterocycles. The van der Waals surface area contributed by atoms with Crippen LogP contribution in [0.25, 0.3) is 0 Å². The number of nitrogens with two attached hydrogens (primary N) is 1. The second-order valence-electron chi connectivity index (χ2n) is 3.69. The van der Waals surface area contributed by atoms with Gasteiger partial charge in [0.15, 0.2) is 0 Å². The van der Waals surface area contributed by atoms with Gasteiger partial charge in [0.25, 0.3) is 0 Å². The Morgan fingerprint density at radius 2 is 2.27 bits per heavy atom. The minimum absolute atomic E-state index is 0.432. The van der Waals surface area contributed by atoms with Crippen molar-refractivity contribution >= 4 is 0 Å². The van der Waals surface area contributed by atoms with Crippen molar-refractivity contribution < 1.29 is 0 Å². The van der Waals surface area contributed by atoms with E-state index in [9.17, 15) is 0 Å². The monoisotopic (exact) mass is 156 g/mol. The van der Waals surface area contributed by atoms with E-state index in [2.05, 4.69) is 18.7 Å². The van der Waals surface area contributed by atoms with Crippen LogP contribution in [0.3, 0.4) is 0 Å². The zero-order valence-corrected chi connectivity index (χ0v) is 7.71. The predicted octanol–water partition coefficient (Wildman–Crippen LogP) is 1.21. The highest BCUT2D eigenvalue weighted by atomic mass is 15.2. The molecule has 1 saturated heterocycles. The summed E-state index contributed by atoms with van der Waals surface area (Å²) in [4.78, 5) is 2.51. The van der Waals surface area contributed by atoms with Gasteiger partial charge in [-0.15, -0.1) is 0 Å². The van der Waals surface area contributed by atoms with Crippen molar-refractivity contribution in [3.63, 3.8) is 0 Å². The quantitative estimate of drug-likeness (QED) is 0.665. The Bertz CT molecular complexity index is 114. The summed E-state index contributed by atoms with van der Waals surface area (Å²) in [5.74, 6) is 0. The molecule has 0 aromatic heterocycles. The van der Waals surface area contributed by atoms with E-state index in [1.54, 1.807) is 0 Å². The summed E-state index contributed by atoms with van der Waals surface area (Å²) >= 11 is 0. The molecule has 2 nitrogen and oxygen atoms in total.